The lowest BCUT2D eigenvalue weighted by atomic mass is 9.85. The molecule has 4 heterocycles. The fraction of sp³-hybridized carbons (Fsp3) is 0.533. The third kappa shape index (κ3) is 6.73. The lowest BCUT2D eigenvalue weighted by molar-refractivity contribution is 0.0416. The van der Waals surface area contributed by atoms with Crippen LogP contribution < -0.4 is 16.0 Å². The van der Waals surface area contributed by atoms with E-state index in [1.807, 2.05) is 58.1 Å². The summed E-state index contributed by atoms with van der Waals surface area (Å²) in [6.07, 6.45) is 3.68. The molecule has 1 aromatic carbocycles. The summed E-state index contributed by atoms with van der Waals surface area (Å²) in [6, 6.07) is 11.6. The maximum Gasteiger partial charge on any atom is 0.320 e. The lowest BCUT2D eigenvalue weighted by Gasteiger charge is -2.48. The summed E-state index contributed by atoms with van der Waals surface area (Å²) in [5.74, 6) is 0.761. The summed E-state index contributed by atoms with van der Waals surface area (Å²) < 4.78 is 0. The Bertz CT molecular complexity index is 1250. The number of piperazine rings is 1. The zero-order valence-corrected chi connectivity index (χ0v) is 24.7. The van der Waals surface area contributed by atoms with Crippen molar-refractivity contribution in [2.24, 2.45) is 16.1 Å². The van der Waals surface area contributed by atoms with Gasteiger partial charge in [0.15, 0.2) is 11.8 Å². The molecule has 0 unspecified atom stereocenters. The number of likely N-dealkylation sites (tertiary alicyclic amines) is 2. The largest absolute Gasteiger partial charge is 0.369 e. The van der Waals surface area contributed by atoms with E-state index in [1.54, 1.807) is 6.20 Å². The van der Waals surface area contributed by atoms with Gasteiger partial charge in [0.1, 0.15) is 0 Å². The van der Waals surface area contributed by atoms with Gasteiger partial charge in [0.25, 0.3) is 5.91 Å². The van der Waals surface area contributed by atoms with Crippen molar-refractivity contribution in [3.05, 3.63) is 48.2 Å². The van der Waals surface area contributed by atoms with Gasteiger partial charge in [-0.25, -0.2) is 9.78 Å². The predicted octanol–water partition coefficient (Wildman–Crippen LogP) is 2.89. The highest BCUT2D eigenvalue weighted by atomic mass is 16.2. The van der Waals surface area contributed by atoms with E-state index in [0.29, 0.717) is 37.6 Å². The van der Waals surface area contributed by atoms with Gasteiger partial charge in [-0.3, -0.25) is 4.79 Å². The minimum absolute atomic E-state index is 0.0291. The highest BCUT2D eigenvalue weighted by Gasteiger charge is 2.39. The fourth-order valence-corrected chi connectivity index (χ4v) is 5.92. The van der Waals surface area contributed by atoms with Crippen LogP contribution in [0.15, 0.2) is 47.6 Å². The highest BCUT2D eigenvalue weighted by Crippen LogP contribution is 2.31. The standard InChI is InChI=1S/C30H43N9O2/c1-30(2)20-39(21-30)29(41)38-18-16-37(17-19-38)25-6-5-13-32-26(25)34-28(31)33-23-9-7-22(8-10-23)27(40)36(4)24-11-14-35(3)15-12-24/h5-10,13,24H,11-12,14-21H2,1-4H3,(H3,31,32,33,34). The molecule has 11 heteroatoms. The number of hydrogen-bond donors (Lipinski definition) is 2. The Labute approximate surface area is 243 Å². The van der Waals surface area contributed by atoms with Crippen LogP contribution in [0.1, 0.15) is 37.0 Å². The molecule has 3 aliphatic rings. The van der Waals surface area contributed by atoms with Crippen molar-refractivity contribution in [2.75, 3.05) is 76.7 Å². The molecule has 220 valence electrons. The van der Waals surface area contributed by atoms with E-state index in [9.17, 15) is 9.59 Å². The number of nitrogens with zero attached hydrogens (tertiary/aromatic N) is 7. The molecule has 3 aliphatic heterocycles. The van der Waals surface area contributed by atoms with Crippen LogP contribution in [0, 0.1) is 5.41 Å². The van der Waals surface area contributed by atoms with Crippen molar-refractivity contribution >= 4 is 35.1 Å². The molecule has 2 aromatic rings. The van der Waals surface area contributed by atoms with Gasteiger partial charge < -0.3 is 35.6 Å². The summed E-state index contributed by atoms with van der Waals surface area (Å²) in [5, 5.41) is 3.12. The number of urea groups is 1. The zero-order valence-electron chi connectivity index (χ0n) is 24.7. The Hall–Kier alpha value is -3.86. The molecule has 3 fully saturated rings. The number of anilines is 2. The Balaban J connectivity index is 1.17. The van der Waals surface area contributed by atoms with Crippen molar-refractivity contribution in [3.8, 4) is 0 Å². The number of rotatable bonds is 5. The first-order valence-corrected chi connectivity index (χ1v) is 14.5. The lowest BCUT2D eigenvalue weighted by Crippen LogP contribution is -2.61. The SMILES string of the molecule is CN1CCC(N(C)C(=O)c2ccc(NC(N)=Nc3ncccc3N3CCN(C(=O)N4CC(C)(C)C4)CC3)cc2)CC1. The monoisotopic (exact) mass is 561 g/mol. The number of piperidine rings is 1. The minimum Gasteiger partial charge on any atom is -0.369 e. The van der Waals surface area contributed by atoms with Crippen LogP contribution in [0.4, 0.5) is 22.0 Å². The second-order valence-electron chi connectivity index (χ2n) is 12.3. The summed E-state index contributed by atoms with van der Waals surface area (Å²) in [4.78, 5) is 45.1. The van der Waals surface area contributed by atoms with Gasteiger partial charge in [-0.15, -0.1) is 0 Å². The molecular weight excluding hydrogens is 518 g/mol. The third-order valence-corrected chi connectivity index (χ3v) is 8.35. The second-order valence-corrected chi connectivity index (χ2v) is 12.3. The molecule has 0 atom stereocenters. The van der Waals surface area contributed by atoms with Crippen LogP contribution in [-0.2, 0) is 0 Å². The smallest absolute Gasteiger partial charge is 0.320 e. The van der Waals surface area contributed by atoms with E-state index in [-0.39, 0.29) is 29.4 Å². The first-order chi connectivity index (χ1) is 19.6. The molecule has 11 nitrogen and oxygen atoms in total. The maximum atomic E-state index is 13.0. The van der Waals surface area contributed by atoms with Crippen LogP contribution in [0.5, 0.6) is 0 Å². The van der Waals surface area contributed by atoms with Gasteiger partial charge in [-0.2, -0.15) is 4.99 Å². The van der Waals surface area contributed by atoms with Gasteiger partial charge in [0.05, 0.1) is 5.69 Å². The zero-order chi connectivity index (χ0) is 29.1. The molecule has 0 spiro atoms. The average Bonchev–Trinajstić information content (AvgIpc) is 2.96. The summed E-state index contributed by atoms with van der Waals surface area (Å²) in [7, 11) is 4.01. The maximum absolute atomic E-state index is 13.0. The number of guanidine groups is 1. The number of pyridine rings is 1. The topological polar surface area (TPSA) is 114 Å². The molecular formula is C30H43N9O2. The number of hydrogen-bond acceptors (Lipinski definition) is 6. The molecule has 5 rings (SSSR count). The molecule has 41 heavy (non-hydrogen) atoms. The highest BCUT2D eigenvalue weighted by molar-refractivity contribution is 5.97. The predicted molar refractivity (Wildman–Crippen MR) is 163 cm³/mol. The van der Waals surface area contributed by atoms with E-state index in [2.05, 4.69) is 46.0 Å². The van der Waals surface area contributed by atoms with Gasteiger partial charge in [0, 0.05) is 75.2 Å². The number of amides is 3. The molecule has 3 saturated heterocycles. The second kappa shape index (κ2) is 11.9. The van der Waals surface area contributed by atoms with Gasteiger partial charge in [-0.1, -0.05) is 13.8 Å². The van der Waals surface area contributed by atoms with Crippen molar-refractivity contribution in [1.29, 1.82) is 0 Å². The number of aliphatic imine (C=N–C) groups is 1. The summed E-state index contributed by atoms with van der Waals surface area (Å²) >= 11 is 0. The first-order valence-electron chi connectivity index (χ1n) is 14.5. The Morgan fingerprint density at radius 2 is 1.66 bits per heavy atom. The van der Waals surface area contributed by atoms with Crippen LogP contribution in [0.25, 0.3) is 0 Å². The van der Waals surface area contributed by atoms with Crippen LogP contribution in [0.3, 0.4) is 0 Å². The number of carbonyl (C=O) groups is 2. The summed E-state index contributed by atoms with van der Waals surface area (Å²) in [5.41, 5.74) is 8.76. The molecule has 3 N–H and O–H groups in total. The molecule has 0 aliphatic carbocycles. The van der Waals surface area contributed by atoms with Crippen molar-refractivity contribution in [2.45, 2.75) is 32.7 Å². The normalized spacial score (nSPS) is 20.0. The van der Waals surface area contributed by atoms with Crippen LogP contribution in [-0.4, -0.2) is 115 Å². The van der Waals surface area contributed by atoms with Crippen molar-refractivity contribution in [3.63, 3.8) is 0 Å². The van der Waals surface area contributed by atoms with E-state index >= 15 is 0 Å². The number of aromatic nitrogens is 1. The van der Waals surface area contributed by atoms with E-state index in [4.69, 9.17) is 5.73 Å². The van der Waals surface area contributed by atoms with Gasteiger partial charge in [-0.05, 0) is 69.4 Å². The number of nitrogens with one attached hydrogen (secondary N) is 1. The van der Waals surface area contributed by atoms with Crippen LogP contribution >= 0.6 is 0 Å². The number of benzene rings is 1. The molecule has 0 radical (unpaired) electrons. The molecule has 3 amide bonds. The molecule has 0 bridgehead atoms. The van der Waals surface area contributed by atoms with Crippen LogP contribution in [0.2, 0.25) is 0 Å². The Morgan fingerprint density at radius 1 is 1.00 bits per heavy atom. The quantitative estimate of drug-likeness (QED) is 0.426. The van der Waals surface area contributed by atoms with Crippen molar-refractivity contribution < 1.29 is 9.59 Å². The van der Waals surface area contributed by atoms with Crippen molar-refractivity contribution in [1.82, 2.24) is 24.6 Å². The molecule has 1 aromatic heterocycles. The van der Waals surface area contributed by atoms with Gasteiger partial charge >= 0.3 is 6.03 Å². The minimum atomic E-state index is 0.0291. The van der Waals surface area contributed by atoms with Gasteiger partial charge in [0.2, 0.25) is 0 Å². The Kier molecular flexibility index (Phi) is 8.35. The van der Waals surface area contributed by atoms with E-state index < -0.39 is 0 Å². The third-order valence-electron chi connectivity index (χ3n) is 8.35. The van der Waals surface area contributed by atoms with E-state index in [1.165, 1.54) is 0 Å². The first kappa shape index (κ1) is 28.7. The average molecular weight is 562 g/mol. The summed E-state index contributed by atoms with van der Waals surface area (Å²) in [6.45, 7) is 10.7. The fourth-order valence-electron chi connectivity index (χ4n) is 5.92. The molecule has 0 saturated carbocycles. The number of carbonyl (C=O) groups excluding carboxylic acids is 2. The Morgan fingerprint density at radius 3 is 2.29 bits per heavy atom. The number of nitrogens with two attached hydrogens (primary N) is 1. The van der Waals surface area contributed by atoms with E-state index in [0.717, 1.165) is 50.4 Å².